The van der Waals surface area contributed by atoms with Crippen molar-refractivity contribution in [2.75, 3.05) is 31.6 Å². The van der Waals surface area contributed by atoms with Gasteiger partial charge in [-0.2, -0.15) is 4.31 Å². The zero-order valence-electron chi connectivity index (χ0n) is 17.1. The van der Waals surface area contributed by atoms with Crippen LogP contribution in [0.5, 0.6) is 5.75 Å². The second-order valence-electron chi connectivity index (χ2n) is 6.94. The van der Waals surface area contributed by atoms with Crippen molar-refractivity contribution in [1.82, 2.24) is 4.31 Å². The molecule has 1 aliphatic heterocycles. The van der Waals surface area contributed by atoms with Crippen LogP contribution in [-0.2, 0) is 19.6 Å². The number of carboxylic acids is 1. The third-order valence-corrected chi connectivity index (χ3v) is 6.61. The van der Waals surface area contributed by atoms with E-state index in [1.807, 2.05) is 0 Å². The SMILES string of the molecule is COc1ccc(S(=O)(=O)N(CC(=O)O)CC2CN(c3ccc(C(=N)N)cc3)C(=O)O2)cc1. The highest BCUT2D eigenvalue weighted by Gasteiger charge is 2.37. The van der Waals surface area contributed by atoms with Gasteiger partial charge in [0.25, 0.3) is 0 Å². The number of nitrogen functional groups attached to an aromatic ring is 1. The zero-order chi connectivity index (χ0) is 23.5. The number of methoxy groups -OCH3 is 1. The molecule has 1 aliphatic rings. The Morgan fingerprint density at radius 1 is 1.25 bits per heavy atom. The van der Waals surface area contributed by atoms with Gasteiger partial charge in [-0.15, -0.1) is 0 Å². The van der Waals surface area contributed by atoms with E-state index < -0.39 is 34.7 Å². The monoisotopic (exact) mass is 462 g/mol. The summed E-state index contributed by atoms with van der Waals surface area (Å²) in [5, 5.41) is 16.7. The molecule has 32 heavy (non-hydrogen) atoms. The molecule has 1 unspecified atom stereocenters. The third-order valence-electron chi connectivity index (χ3n) is 4.78. The van der Waals surface area contributed by atoms with Crippen molar-refractivity contribution in [3.05, 3.63) is 54.1 Å². The van der Waals surface area contributed by atoms with Crippen LogP contribution in [0, 0.1) is 5.41 Å². The number of amidine groups is 1. The van der Waals surface area contributed by atoms with Crippen LogP contribution in [0.15, 0.2) is 53.4 Å². The molecule has 170 valence electrons. The average molecular weight is 462 g/mol. The number of aliphatic carboxylic acids is 1. The molecule has 0 saturated carbocycles. The van der Waals surface area contributed by atoms with Gasteiger partial charge in [0.05, 0.1) is 25.1 Å². The summed E-state index contributed by atoms with van der Waals surface area (Å²) in [6.45, 7) is -1.11. The summed E-state index contributed by atoms with van der Waals surface area (Å²) >= 11 is 0. The lowest BCUT2D eigenvalue weighted by Crippen LogP contribution is -2.42. The maximum atomic E-state index is 13.0. The molecule has 0 aromatic heterocycles. The van der Waals surface area contributed by atoms with Crippen molar-refractivity contribution in [3.63, 3.8) is 0 Å². The van der Waals surface area contributed by atoms with Crippen LogP contribution < -0.4 is 15.4 Å². The summed E-state index contributed by atoms with van der Waals surface area (Å²) in [6.07, 6.45) is -1.58. The number of nitrogens with zero attached hydrogens (tertiary/aromatic N) is 2. The number of benzene rings is 2. The highest BCUT2D eigenvalue weighted by atomic mass is 32.2. The molecular formula is C20H22N4O7S. The predicted octanol–water partition coefficient (Wildman–Crippen LogP) is 1.08. The van der Waals surface area contributed by atoms with Crippen LogP contribution in [0.25, 0.3) is 0 Å². The third kappa shape index (κ3) is 4.98. The van der Waals surface area contributed by atoms with Crippen molar-refractivity contribution >= 4 is 33.6 Å². The fraction of sp³-hybridized carbons (Fsp3) is 0.250. The lowest BCUT2D eigenvalue weighted by molar-refractivity contribution is -0.137. The van der Waals surface area contributed by atoms with Gasteiger partial charge in [0.1, 0.15) is 24.2 Å². The lowest BCUT2D eigenvalue weighted by atomic mass is 10.2. The molecule has 1 atom stereocenters. The minimum atomic E-state index is -4.17. The lowest BCUT2D eigenvalue weighted by Gasteiger charge is -2.22. The number of hydrogen-bond acceptors (Lipinski definition) is 7. The van der Waals surface area contributed by atoms with E-state index in [4.69, 9.17) is 20.6 Å². The number of cyclic esters (lactones) is 1. The van der Waals surface area contributed by atoms with Gasteiger partial charge in [-0.3, -0.25) is 15.1 Å². The molecule has 0 spiro atoms. The number of nitrogens with one attached hydrogen (secondary N) is 1. The molecular weight excluding hydrogens is 440 g/mol. The molecule has 0 radical (unpaired) electrons. The van der Waals surface area contributed by atoms with Crippen molar-refractivity contribution in [1.29, 1.82) is 5.41 Å². The molecule has 4 N–H and O–H groups in total. The van der Waals surface area contributed by atoms with Crippen LogP contribution >= 0.6 is 0 Å². The maximum absolute atomic E-state index is 13.0. The van der Waals surface area contributed by atoms with E-state index in [1.54, 1.807) is 24.3 Å². The highest BCUT2D eigenvalue weighted by molar-refractivity contribution is 7.89. The summed E-state index contributed by atoms with van der Waals surface area (Å²) < 4.78 is 37.1. The van der Waals surface area contributed by atoms with Gasteiger partial charge in [-0.05, 0) is 48.5 Å². The molecule has 1 heterocycles. The Bertz CT molecular complexity index is 1120. The van der Waals surface area contributed by atoms with E-state index >= 15 is 0 Å². The van der Waals surface area contributed by atoms with Crippen molar-refractivity contribution in [3.8, 4) is 5.75 Å². The fourth-order valence-corrected chi connectivity index (χ4v) is 4.59. The van der Waals surface area contributed by atoms with Gasteiger partial charge < -0.3 is 20.3 Å². The second-order valence-corrected chi connectivity index (χ2v) is 8.88. The molecule has 0 bridgehead atoms. The van der Waals surface area contributed by atoms with Crippen LogP contribution in [0.1, 0.15) is 5.56 Å². The summed E-state index contributed by atoms with van der Waals surface area (Å²) in [5.74, 6) is -1.01. The summed E-state index contributed by atoms with van der Waals surface area (Å²) in [4.78, 5) is 24.9. The predicted molar refractivity (Wildman–Crippen MR) is 114 cm³/mol. The van der Waals surface area contributed by atoms with Gasteiger partial charge in [-0.25, -0.2) is 13.2 Å². The molecule has 12 heteroatoms. The van der Waals surface area contributed by atoms with Gasteiger partial charge in [0, 0.05) is 11.3 Å². The Morgan fingerprint density at radius 3 is 2.41 bits per heavy atom. The van der Waals surface area contributed by atoms with Gasteiger partial charge in [-0.1, -0.05) is 0 Å². The molecule has 11 nitrogen and oxygen atoms in total. The first-order valence-electron chi connectivity index (χ1n) is 9.40. The van der Waals surface area contributed by atoms with E-state index in [9.17, 15) is 23.1 Å². The topological polar surface area (TPSA) is 163 Å². The Labute approximate surface area is 184 Å². The van der Waals surface area contributed by atoms with Gasteiger partial charge in [0.15, 0.2) is 0 Å². The number of sulfonamides is 1. The first-order chi connectivity index (χ1) is 15.1. The number of anilines is 1. The standard InChI is InChI=1S/C20H22N4O7S/c1-30-15-6-8-17(9-7-15)32(28,29)23(12-18(25)26)10-16-11-24(20(27)31-16)14-4-2-13(3-5-14)19(21)22/h2-9,16H,10-12H2,1H3,(H3,21,22)(H,25,26). The minimum Gasteiger partial charge on any atom is -0.497 e. The number of carboxylic acid groups (broad SMARTS) is 1. The van der Waals surface area contributed by atoms with E-state index in [2.05, 4.69) is 0 Å². The van der Waals surface area contributed by atoms with Crippen LogP contribution in [-0.4, -0.2) is 68.6 Å². The fourth-order valence-electron chi connectivity index (χ4n) is 3.17. The van der Waals surface area contributed by atoms with E-state index in [0.29, 0.717) is 17.0 Å². The summed E-state index contributed by atoms with van der Waals surface area (Å²) in [6, 6.07) is 11.8. The van der Waals surface area contributed by atoms with Gasteiger partial charge in [0.2, 0.25) is 10.0 Å². The normalized spacial score (nSPS) is 16.1. The van der Waals surface area contributed by atoms with Crippen molar-refractivity contribution in [2.45, 2.75) is 11.0 Å². The number of nitrogens with two attached hydrogens (primary N) is 1. The van der Waals surface area contributed by atoms with Crippen molar-refractivity contribution in [2.24, 2.45) is 5.73 Å². The molecule has 1 amide bonds. The maximum Gasteiger partial charge on any atom is 0.414 e. The van der Waals surface area contributed by atoms with Crippen LogP contribution in [0.2, 0.25) is 0 Å². The number of carbonyl (C=O) groups excluding carboxylic acids is 1. The van der Waals surface area contributed by atoms with E-state index in [-0.39, 0.29) is 23.8 Å². The number of ether oxygens (including phenoxy) is 2. The first-order valence-corrected chi connectivity index (χ1v) is 10.8. The zero-order valence-corrected chi connectivity index (χ0v) is 17.9. The Hall–Kier alpha value is -3.64. The smallest absolute Gasteiger partial charge is 0.414 e. The van der Waals surface area contributed by atoms with E-state index in [0.717, 1.165) is 4.31 Å². The minimum absolute atomic E-state index is 0.0203. The summed E-state index contributed by atoms with van der Waals surface area (Å²) in [5.41, 5.74) is 6.39. The first kappa shape index (κ1) is 23.0. The Kier molecular flexibility index (Phi) is 6.65. The summed E-state index contributed by atoms with van der Waals surface area (Å²) in [7, 11) is -2.74. The highest BCUT2D eigenvalue weighted by Crippen LogP contribution is 2.25. The van der Waals surface area contributed by atoms with Crippen LogP contribution in [0.3, 0.4) is 0 Å². The second kappa shape index (κ2) is 9.24. The molecule has 1 saturated heterocycles. The number of rotatable bonds is 9. The molecule has 2 aromatic rings. The quantitative estimate of drug-likeness (QED) is 0.368. The largest absolute Gasteiger partial charge is 0.497 e. The van der Waals surface area contributed by atoms with E-state index in [1.165, 1.54) is 36.3 Å². The number of amides is 1. The Balaban J connectivity index is 1.79. The van der Waals surface area contributed by atoms with Crippen molar-refractivity contribution < 1.29 is 32.6 Å². The number of hydrogen-bond donors (Lipinski definition) is 3. The number of carbonyl (C=O) groups is 2. The molecule has 3 rings (SSSR count). The van der Waals surface area contributed by atoms with Crippen LogP contribution in [0.4, 0.5) is 10.5 Å². The molecule has 2 aromatic carbocycles. The molecule has 1 fully saturated rings. The Morgan fingerprint density at radius 2 is 1.88 bits per heavy atom. The molecule has 0 aliphatic carbocycles. The van der Waals surface area contributed by atoms with Gasteiger partial charge >= 0.3 is 12.1 Å². The average Bonchev–Trinajstić information content (AvgIpc) is 3.13.